The first-order chi connectivity index (χ1) is 14.5. The van der Waals surface area contributed by atoms with Gasteiger partial charge in [0.2, 0.25) is 5.82 Å². The van der Waals surface area contributed by atoms with Crippen LogP contribution in [-0.4, -0.2) is 64.7 Å². The molecule has 0 aromatic carbocycles. The third-order valence-corrected chi connectivity index (χ3v) is 5.47. The lowest BCUT2D eigenvalue weighted by molar-refractivity contribution is 0.0504. The Morgan fingerprint density at radius 3 is 2.70 bits per heavy atom. The first-order valence-electron chi connectivity index (χ1n) is 9.66. The van der Waals surface area contributed by atoms with Gasteiger partial charge in [0, 0.05) is 30.9 Å². The van der Waals surface area contributed by atoms with Crippen LogP contribution in [0, 0.1) is 0 Å². The highest BCUT2D eigenvalue weighted by atomic mass is 19.1. The number of tetrazole rings is 1. The van der Waals surface area contributed by atoms with Gasteiger partial charge in [-0.05, 0) is 49.2 Å². The molecule has 0 atom stereocenters. The number of carbonyl (C=O) groups excluding carboxylic acids is 1. The summed E-state index contributed by atoms with van der Waals surface area (Å²) in [6.45, 7) is 2.43. The molecule has 30 heavy (non-hydrogen) atoms. The van der Waals surface area contributed by atoms with Crippen LogP contribution in [0.3, 0.4) is 0 Å². The van der Waals surface area contributed by atoms with Crippen molar-refractivity contribution in [3.8, 4) is 17.2 Å². The lowest BCUT2D eigenvalue weighted by Gasteiger charge is -2.34. The molecule has 0 unspecified atom stereocenters. The maximum absolute atomic E-state index is 14.0. The summed E-state index contributed by atoms with van der Waals surface area (Å²) in [6, 6.07) is 7.42. The standard InChI is InChI=1S/C20H19FN8O/c1-20(21)5-8-28(9-6-20)19(30)14-10-13-4-7-29(18(13)23-11-14)15-2-3-16(22-12-15)17-24-26-27-25-17/h2-4,7,10-12H,5-6,8-9H2,1H3,(H,24,25,26,27). The molecule has 5 rings (SSSR count). The van der Waals surface area contributed by atoms with Crippen LogP contribution in [-0.2, 0) is 0 Å². The van der Waals surface area contributed by atoms with Crippen molar-refractivity contribution in [3.63, 3.8) is 0 Å². The summed E-state index contributed by atoms with van der Waals surface area (Å²) in [6.07, 6.45) is 5.88. The van der Waals surface area contributed by atoms with Crippen molar-refractivity contribution in [3.05, 3.63) is 48.4 Å². The van der Waals surface area contributed by atoms with E-state index < -0.39 is 5.67 Å². The molecule has 1 aliphatic heterocycles. The zero-order valence-electron chi connectivity index (χ0n) is 16.3. The number of hydrogen-bond acceptors (Lipinski definition) is 6. The van der Waals surface area contributed by atoms with E-state index in [4.69, 9.17) is 0 Å². The van der Waals surface area contributed by atoms with Crippen molar-refractivity contribution >= 4 is 16.9 Å². The van der Waals surface area contributed by atoms with Crippen molar-refractivity contribution in [1.29, 1.82) is 0 Å². The second-order valence-corrected chi connectivity index (χ2v) is 7.67. The fraction of sp³-hybridized carbons (Fsp3) is 0.300. The zero-order chi connectivity index (χ0) is 20.7. The number of H-pyrrole nitrogens is 1. The maximum atomic E-state index is 14.0. The van der Waals surface area contributed by atoms with Crippen LogP contribution in [0.2, 0.25) is 0 Å². The summed E-state index contributed by atoms with van der Waals surface area (Å²) >= 11 is 0. The van der Waals surface area contributed by atoms with Crippen molar-refractivity contribution < 1.29 is 9.18 Å². The van der Waals surface area contributed by atoms with Gasteiger partial charge in [-0.25, -0.2) is 9.37 Å². The van der Waals surface area contributed by atoms with Gasteiger partial charge in [0.25, 0.3) is 5.91 Å². The predicted molar refractivity (Wildman–Crippen MR) is 107 cm³/mol. The van der Waals surface area contributed by atoms with E-state index in [1.807, 2.05) is 29.0 Å². The van der Waals surface area contributed by atoms with Crippen molar-refractivity contribution in [2.45, 2.75) is 25.4 Å². The molecule has 9 nitrogen and oxygen atoms in total. The number of rotatable bonds is 3. The Labute approximate surface area is 170 Å². The average Bonchev–Trinajstić information content (AvgIpc) is 3.43. The van der Waals surface area contributed by atoms with Gasteiger partial charge < -0.3 is 4.90 Å². The molecule has 1 saturated heterocycles. The molecule has 5 heterocycles. The van der Waals surface area contributed by atoms with E-state index in [1.165, 1.54) is 0 Å². The number of amides is 1. The van der Waals surface area contributed by atoms with Gasteiger partial charge in [0.1, 0.15) is 17.0 Å². The van der Waals surface area contributed by atoms with Crippen LogP contribution < -0.4 is 0 Å². The van der Waals surface area contributed by atoms with E-state index >= 15 is 0 Å². The summed E-state index contributed by atoms with van der Waals surface area (Å²) in [4.78, 5) is 23.4. The van der Waals surface area contributed by atoms with Crippen molar-refractivity contribution in [1.82, 2.24) is 40.1 Å². The van der Waals surface area contributed by atoms with Crippen LogP contribution in [0.15, 0.2) is 42.9 Å². The summed E-state index contributed by atoms with van der Waals surface area (Å²) in [5.41, 5.74) is 1.46. The summed E-state index contributed by atoms with van der Waals surface area (Å²) in [7, 11) is 0. The third-order valence-electron chi connectivity index (χ3n) is 5.47. The van der Waals surface area contributed by atoms with Crippen molar-refractivity contribution in [2.24, 2.45) is 0 Å². The molecule has 1 fully saturated rings. The summed E-state index contributed by atoms with van der Waals surface area (Å²) in [5.74, 6) is 0.310. The van der Waals surface area contributed by atoms with E-state index in [9.17, 15) is 9.18 Å². The minimum atomic E-state index is -1.19. The quantitative estimate of drug-likeness (QED) is 0.561. The third kappa shape index (κ3) is 3.30. The molecule has 4 aromatic heterocycles. The Hall–Kier alpha value is -3.69. The maximum Gasteiger partial charge on any atom is 0.255 e. The molecule has 4 aromatic rings. The van der Waals surface area contributed by atoms with Crippen molar-refractivity contribution in [2.75, 3.05) is 13.1 Å². The normalized spacial score (nSPS) is 16.1. The van der Waals surface area contributed by atoms with Gasteiger partial charge in [0.15, 0.2) is 0 Å². The second kappa shape index (κ2) is 6.97. The number of alkyl halides is 1. The number of pyridine rings is 2. The molecule has 0 bridgehead atoms. The molecular formula is C20H19FN8O. The Bertz CT molecular complexity index is 1190. The smallest absolute Gasteiger partial charge is 0.255 e. The van der Waals surface area contributed by atoms with Gasteiger partial charge in [-0.3, -0.25) is 14.3 Å². The Morgan fingerprint density at radius 2 is 2.00 bits per heavy atom. The van der Waals surface area contributed by atoms with E-state index in [1.54, 1.807) is 30.3 Å². The van der Waals surface area contributed by atoms with Gasteiger partial charge in [-0.15, -0.1) is 10.2 Å². The fourth-order valence-electron chi connectivity index (χ4n) is 3.64. The molecule has 10 heteroatoms. The second-order valence-electron chi connectivity index (χ2n) is 7.67. The first-order valence-corrected chi connectivity index (χ1v) is 9.66. The van der Waals surface area contributed by atoms with Gasteiger partial charge in [0.05, 0.1) is 17.4 Å². The molecule has 0 saturated carbocycles. The summed E-state index contributed by atoms with van der Waals surface area (Å²) in [5, 5.41) is 14.6. The van der Waals surface area contributed by atoms with Gasteiger partial charge in [-0.2, -0.15) is 5.21 Å². The number of nitrogens with one attached hydrogen (secondary N) is 1. The number of carbonyl (C=O) groups is 1. The molecule has 0 radical (unpaired) electrons. The van der Waals surface area contributed by atoms with Crippen LogP contribution in [0.25, 0.3) is 28.2 Å². The Kier molecular flexibility index (Phi) is 4.27. The number of aromatic nitrogens is 7. The zero-order valence-corrected chi connectivity index (χ0v) is 16.3. The molecule has 0 aliphatic carbocycles. The highest BCUT2D eigenvalue weighted by Gasteiger charge is 2.32. The van der Waals surface area contributed by atoms with E-state index in [0.29, 0.717) is 43.0 Å². The number of piperidine rings is 1. The molecule has 0 spiro atoms. The van der Waals surface area contributed by atoms with E-state index in [0.717, 1.165) is 16.7 Å². The topological polar surface area (TPSA) is 105 Å². The van der Waals surface area contributed by atoms with Crippen LogP contribution in [0.5, 0.6) is 0 Å². The largest absolute Gasteiger partial charge is 0.338 e. The number of nitrogens with zero attached hydrogens (tertiary/aromatic N) is 7. The molecule has 1 aliphatic rings. The first kappa shape index (κ1) is 18.3. The average molecular weight is 406 g/mol. The van der Waals surface area contributed by atoms with Crippen LogP contribution in [0.4, 0.5) is 4.39 Å². The monoisotopic (exact) mass is 406 g/mol. The number of hydrogen-bond donors (Lipinski definition) is 1. The SMILES string of the molecule is CC1(F)CCN(C(=O)c2cnc3c(ccn3-c3ccc(-c4nn[nH]n4)nc3)c2)CC1. The molecule has 152 valence electrons. The number of halogens is 1. The minimum absolute atomic E-state index is 0.112. The lowest BCUT2D eigenvalue weighted by atomic mass is 9.95. The highest BCUT2D eigenvalue weighted by molar-refractivity contribution is 5.97. The minimum Gasteiger partial charge on any atom is -0.338 e. The fourth-order valence-corrected chi connectivity index (χ4v) is 3.64. The Balaban J connectivity index is 1.39. The summed E-state index contributed by atoms with van der Waals surface area (Å²) < 4.78 is 15.9. The molecular weight excluding hydrogens is 387 g/mol. The number of aromatic amines is 1. The highest BCUT2D eigenvalue weighted by Crippen LogP contribution is 2.27. The van der Waals surface area contributed by atoms with Gasteiger partial charge in [-0.1, -0.05) is 0 Å². The molecule has 1 amide bonds. The van der Waals surface area contributed by atoms with Gasteiger partial charge >= 0.3 is 0 Å². The number of fused-ring (bicyclic) bond motifs is 1. The Morgan fingerprint density at radius 1 is 1.17 bits per heavy atom. The van der Waals surface area contributed by atoms with E-state index in [2.05, 4.69) is 30.6 Å². The predicted octanol–water partition coefficient (Wildman–Crippen LogP) is 2.56. The van der Waals surface area contributed by atoms with Crippen LogP contribution in [0.1, 0.15) is 30.1 Å². The van der Waals surface area contributed by atoms with E-state index in [-0.39, 0.29) is 5.91 Å². The molecule has 1 N–H and O–H groups in total. The number of likely N-dealkylation sites (tertiary alicyclic amines) is 1. The lowest BCUT2D eigenvalue weighted by Crippen LogP contribution is -2.43. The van der Waals surface area contributed by atoms with Crippen LogP contribution >= 0.6 is 0 Å².